The van der Waals surface area contributed by atoms with Crippen molar-refractivity contribution in [2.45, 2.75) is 16.8 Å². The van der Waals surface area contributed by atoms with Crippen LogP contribution in [0, 0.1) is 17.0 Å². The molecule has 0 bridgehead atoms. The van der Waals surface area contributed by atoms with Gasteiger partial charge in [-0.05, 0) is 42.0 Å². The lowest BCUT2D eigenvalue weighted by molar-refractivity contribution is -0.389. The first-order valence-corrected chi connectivity index (χ1v) is 9.32. The maximum absolute atomic E-state index is 11.7. The minimum Gasteiger partial charge on any atom is -0.434 e. The third kappa shape index (κ3) is 3.79. The van der Waals surface area contributed by atoms with E-state index < -0.39 is 4.92 Å². The van der Waals surface area contributed by atoms with Gasteiger partial charge in [0.15, 0.2) is 5.03 Å². The summed E-state index contributed by atoms with van der Waals surface area (Å²) in [6.45, 7) is 1.98. The predicted octanol–water partition coefficient (Wildman–Crippen LogP) is 5.79. The van der Waals surface area contributed by atoms with E-state index in [1.807, 2.05) is 67.6 Å². The Bertz CT molecular complexity index is 1160. The second-order valence-corrected chi connectivity index (χ2v) is 7.18. The Labute approximate surface area is 165 Å². The van der Waals surface area contributed by atoms with Crippen molar-refractivity contribution in [2.24, 2.45) is 0 Å². The highest BCUT2D eigenvalue weighted by Gasteiger charge is 2.25. The highest BCUT2D eigenvalue weighted by atomic mass is 32.2. The van der Waals surface area contributed by atoms with Crippen molar-refractivity contribution in [1.82, 2.24) is 9.97 Å². The highest BCUT2D eigenvalue weighted by Crippen LogP contribution is 2.39. The summed E-state index contributed by atoms with van der Waals surface area (Å²) in [5, 5.41) is 14.0. The van der Waals surface area contributed by atoms with Crippen molar-refractivity contribution in [3.63, 3.8) is 0 Å². The number of benzene rings is 3. The number of nitro groups is 1. The fourth-order valence-electron chi connectivity index (χ4n) is 2.71. The molecule has 0 aliphatic heterocycles. The molecule has 0 radical (unpaired) electrons. The van der Waals surface area contributed by atoms with Gasteiger partial charge in [0.1, 0.15) is 12.1 Å². The van der Waals surface area contributed by atoms with Gasteiger partial charge in [-0.25, -0.2) is 4.98 Å². The molecule has 1 heterocycles. The summed E-state index contributed by atoms with van der Waals surface area (Å²) < 4.78 is 5.77. The molecular formula is C21H15N3O3S. The van der Waals surface area contributed by atoms with Crippen molar-refractivity contribution in [2.75, 3.05) is 0 Å². The van der Waals surface area contributed by atoms with Gasteiger partial charge in [0.05, 0.1) is 4.92 Å². The van der Waals surface area contributed by atoms with Gasteiger partial charge in [0, 0.05) is 4.90 Å². The second-order valence-electron chi connectivity index (χ2n) is 6.12. The summed E-state index contributed by atoms with van der Waals surface area (Å²) in [6.07, 6.45) is 1.28. The molecule has 28 heavy (non-hydrogen) atoms. The molecule has 0 unspecified atom stereocenters. The standard InChI is InChI=1S/C21H15N3O3S/c1-14-6-10-18(11-7-14)28-21-19(24(25)26)20(22-13-23-21)27-17-9-8-15-4-2-3-5-16(15)12-17/h2-13H,1H3. The van der Waals surface area contributed by atoms with E-state index in [4.69, 9.17) is 4.74 Å². The molecule has 4 rings (SSSR count). The number of fused-ring (bicyclic) bond motifs is 1. The summed E-state index contributed by atoms with van der Waals surface area (Å²) in [5.41, 5.74) is 0.864. The van der Waals surface area contributed by atoms with Crippen LogP contribution in [0.5, 0.6) is 11.6 Å². The molecule has 0 spiro atoms. The highest BCUT2D eigenvalue weighted by molar-refractivity contribution is 7.99. The molecule has 0 aliphatic rings. The summed E-state index contributed by atoms with van der Waals surface area (Å²) >= 11 is 1.21. The SMILES string of the molecule is Cc1ccc(Sc2ncnc(Oc3ccc4ccccc4c3)c2[N+](=O)[O-])cc1. The first kappa shape index (κ1) is 17.9. The minimum absolute atomic E-state index is 0.0788. The van der Waals surface area contributed by atoms with E-state index in [0.717, 1.165) is 21.2 Å². The Balaban J connectivity index is 1.69. The number of ether oxygens (including phenoxy) is 1. The van der Waals surface area contributed by atoms with Crippen molar-refractivity contribution in [3.8, 4) is 11.6 Å². The Morgan fingerprint density at radius 3 is 2.46 bits per heavy atom. The predicted molar refractivity (Wildman–Crippen MR) is 108 cm³/mol. The number of aryl methyl sites for hydroxylation is 1. The van der Waals surface area contributed by atoms with E-state index in [9.17, 15) is 10.1 Å². The van der Waals surface area contributed by atoms with E-state index in [0.29, 0.717) is 5.75 Å². The van der Waals surface area contributed by atoms with Gasteiger partial charge in [-0.3, -0.25) is 10.1 Å². The van der Waals surface area contributed by atoms with E-state index in [2.05, 4.69) is 9.97 Å². The zero-order valence-corrected chi connectivity index (χ0v) is 15.7. The van der Waals surface area contributed by atoms with Crippen molar-refractivity contribution < 1.29 is 9.66 Å². The lowest BCUT2D eigenvalue weighted by Gasteiger charge is -2.08. The zero-order chi connectivity index (χ0) is 19.5. The van der Waals surface area contributed by atoms with Crippen molar-refractivity contribution in [1.29, 1.82) is 0 Å². The average molecular weight is 389 g/mol. The fraction of sp³-hybridized carbons (Fsp3) is 0.0476. The topological polar surface area (TPSA) is 78.2 Å². The van der Waals surface area contributed by atoms with Gasteiger partial charge < -0.3 is 4.74 Å². The van der Waals surface area contributed by atoms with Crippen LogP contribution in [0.1, 0.15) is 5.56 Å². The summed E-state index contributed by atoms with van der Waals surface area (Å²) in [6, 6.07) is 21.0. The van der Waals surface area contributed by atoms with Gasteiger partial charge in [-0.2, -0.15) is 4.98 Å². The van der Waals surface area contributed by atoms with Crippen LogP contribution in [-0.2, 0) is 0 Å². The molecule has 0 saturated heterocycles. The van der Waals surface area contributed by atoms with Crippen LogP contribution >= 0.6 is 11.8 Å². The molecule has 0 saturated carbocycles. The van der Waals surface area contributed by atoms with Crippen LogP contribution in [0.25, 0.3) is 10.8 Å². The molecule has 0 fully saturated rings. The van der Waals surface area contributed by atoms with Crippen LogP contribution in [0.3, 0.4) is 0 Å². The Kier molecular flexibility index (Phi) is 4.90. The van der Waals surface area contributed by atoms with Crippen LogP contribution in [0.4, 0.5) is 5.69 Å². The van der Waals surface area contributed by atoms with Crippen LogP contribution in [-0.4, -0.2) is 14.9 Å². The number of hydrogen-bond donors (Lipinski definition) is 0. The normalized spacial score (nSPS) is 10.8. The number of nitrogens with zero attached hydrogens (tertiary/aromatic N) is 3. The van der Waals surface area contributed by atoms with Gasteiger partial charge in [-0.15, -0.1) is 0 Å². The van der Waals surface area contributed by atoms with Crippen LogP contribution < -0.4 is 4.74 Å². The smallest absolute Gasteiger partial charge is 0.363 e. The molecule has 1 aromatic heterocycles. The second kappa shape index (κ2) is 7.66. The van der Waals surface area contributed by atoms with Crippen molar-refractivity contribution >= 4 is 28.2 Å². The first-order valence-electron chi connectivity index (χ1n) is 8.51. The van der Waals surface area contributed by atoms with Crippen LogP contribution in [0.2, 0.25) is 0 Å². The van der Waals surface area contributed by atoms with Gasteiger partial charge in [0.25, 0.3) is 0 Å². The lowest BCUT2D eigenvalue weighted by Crippen LogP contribution is -2.00. The summed E-state index contributed by atoms with van der Waals surface area (Å²) in [5.74, 6) is 0.400. The quantitative estimate of drug-likeness (QED) is 0.244. The number of rotatable bonds is 5. The zero-order valence-electron chi connectivity index (χ0n) is 14.9. The fourth-order valence-corrected chi connectivity index (χ4v) is 3.57. The van der Waals surface area contributed by atoms with Gasteiger partial charge in [0.2, 0.25) is 0 Å². The average Bonchev–Trinajstić information content (AvgIpc) is 2.69. The molecule has 0 amide bonds. The molecule has 0 atom stereocenters. The monoisotopic (exact) mass is 389 g/mol. The molecule has 0 aliphatic carbocycles. The molecule has 7 heteroatoms. The Morgan fingerprint density at radius 1 is 0.964 bits per heavy atom. The maximum Gasteiger partial charge on any atom is 0.363 e. The molecule has 3 aromatic carbocycles. The van der Waals surface area contributed by atoms with E-state index >= 15 is 0 Å². The largest absolute Gasteiger partial charge is 0.434 e. The Hall–Kier alpha value is -3.45. The van der Waals surface area contributed by atoms with Gasteiger partial charge >= 0.3 is 11.6 Å². The molecule has 0 N–H and O–H groups in total. The van der Waals surface area contributed by atoms with Gasteiger partial charge in [-0.1, -0.05) is 59.8 Å². The summed E-state index contributed by atoms with van der Waals surface area (Å²) in [7, 11) is 0. The van der Waals surface area contributed by atoms with E-state index in [1.54, 1.807) is 6.07 Å². The third-order valence-corrected chi connectivity index (χ3v) is 5.11. The Morgan fingerprint density at radius 2 is 1.71 bits per heavy atom. The maximum atomic E-state index is 11.7. The molecular weight excluding hydrogens is 374 g/mol. The minimum atomic E-state index is -0.507. The first-order chi connectivity index (χ1) is 13.6. The third-order valence-electron chi connectivity index (χ3n) is 4.11. The van der Waals surface area contributed by atoms with Crippen molar-refractivity contribution in [3.05, 3.63) is 88.7 Å². The molecule has 138 valence electrons. The summed E-state index contributed by atoms with van der Waals surface area (Å²) in [4.78, 5) is 20.2. The van der Waals surface area contributed by atoms with E-state index in [1.165, 1.54) is 18.1 Å². The molecule has 6 nitrogen and oxygen atoms in total. The van der Waals surface area contributed by atoms with Crippen LogP contribution in [0.15, 0.2) is 83.0 Å². The van der Waals surface area contributed by atoms with E-state index in [-0.39, 0.29) is 16.6 Å². The molecule has 4 aromatic rings. The lowest BCUT2D eigenvalue weighted by atomic mass is 10.1. The number of hydrogen-bond acceptors (Lipinski definition) is 6. The number of aromatic nitrogens is 2.